The van der Waals surface area contributed by atoms with E-state index < -0.39 is 0 Å². The number of rotatable bonds is 4. The van der Waals surface area contributed by atoms with Gasteiger partial charge in [-0.3, -0.25) is 4.90 Å². The highest BCUT2D eigenvalue weighted by atomic mass is 35.5. The van der Waals surface area contributed by atoms with Gasteiger partial charge >= 0.3 is 0 Å². The molecule has 2 aliphatic rings. The molecule has 1 heterocycles. The van der Waals surface area contributed by atoms with E-state index in [4.69, 9.17) is 21.6 Å². The highest BCUT2D eigenvalue weighted by Crippen LogP contribution is 2.43. The maximum Gasteiger partial charge on any atom is 0.140 e. The van der Waals surface area contributed by atoms with Crippen LogP contribution >= 0.6 is 11.6 Å². The maximum atomic E-state index is 9.07. The molecule has 28 heavy (non-hydrogen) atoms. The van der Waals surface area contributed by atoms with Gasteiger partial charge in [-0.15, -0.1) is 0 Å². The number of hydrogen-bond acceptors (Lipinski definition) is 3. The van der Waals surface area contributed by atoms with Gasteiger partial charge < -0.3 is 4.74 Å². The van der Waals surface area contributed by atoms with Crippen molar-refractivity contribution < 1.29 is 4.74 Å². The van der Waals surface area contributed by atoms with E-state index in [1.807, 2.05) is 19.1 Å². The highest BCUT2D eigenvalue weighted by molar-refractivity contribution is 6.32. The average molecular weight is 397 g/mol. The summed E-state index contributed by atoms with van der Waals surface area (Å²) in [5.41, 5.74) is 3.10. The number of likely N-dealkylation sites (tertiary alicyclic amines) is 1. The maximum absolute atomic E-state index is 9.07. The van der Waals surface area contributed by atoms with Crippen LogP contribution in [0.3, 0.4) is 0 Å². The molecule has 1 aliphatic carbocycles. The minimum absolute atomic E-state index is 0.116. The summed E-state index contributed by atoms with van der Waals surface area (Å²) >= 11 is 6.39. The first-order chi connectivity index (χ1) is 13.2. The number of allylic oxidation sites excluding steroid dienone is 3. The Kier molecular flexibility index (Phi) is 6.03. The first-order valence-electron chi connectivity index (χ1n) is 9.86. The van der Waals surface area contributed by atoms with Gasteiger partial charge in [-0.2, -0.15) is 5.26 Å². The predicted molar refractivity (Wildman–Crippen MR) is 116 cm³/mol. The number of nitriles is 1. The molecule has 1 unspecified atom stereocenters. The Balaban J connectivity index is 1.86. The smallest absolute Gasteiger partial charge is 0.140 e. The summed E-state index contributed by atoms with van der Waals surface area (Å²) in [6.45, 7) is 15.4. The van der Waals surface area contributed by atoms with E-state index in [1.54, 1.807) is 18.2 Å². The number of nitrogens with zero attached hydrogens (tertiary/aromatic N) is 2. The Labute approximate surface area is 173 Å². The molecule has 4 heteroatoms. The van der Waals surface area contributed by atoms with E-state index in [-0.39, 0.29) is 12.1 Å². The Morgan fingerprint density at radius 1 is 1.32 bits per heavy atom. The largest absolute Gasteiger partial charge is 0.483 e. The van der Waals surface area contributed by atoms with Gasteiger partial charge in [0.15, 0.2) is 0 Å². The Bertz CT molecular complexity index is 850. The minimum atomic E-state index is -0.116. The second-order valence-electron chi connectivity index (χ2n) is 8.84. The standard InChI is InChI=1S/C24H29ClN2O/c1-6-7-8-19-16(2)11-21(27-14-18(15-27)24(3,4)5)23(19)28-22-10-9-17(13-26)12-20(22)25/h6-10,12,18,21,23H,2,11,14-15H2,1,3-5H3/b7-6-,19-8+/t21-,23?/m1/s1. The first kappa shape index (κ1) is 20.7. The monoisotopic (exact) mass is 396 g/mol. The summed E-state index contributed by atoms with van der Waals surface area (Å²) in [5.74, 6) is 1.31. The van der Waals surface area contributed by atoms with Crippen molar-refractivity contribution in [3.8, 4) is 11.8 Å². The van der Waals surface area contributed by atoms with Gasteiger partial charge in [-0.05, 0) is 54.0 Å². The topological polar surface area (TPSA) is 36.3 Å². The van der Waals surface area contributed by atoms with Gasteiger partial charge in [0, 0.05) is 13.1 Å². The fourth-order valence-electron chi connectivity index (χ4n) is 3.89. The van der Waals surface area contributed by atoms with Crippen molar-refractivity contribution in [1.29, 1.82) is 5.26 Å². The molecule has 1 saturated heterocycles. The summed E-state index contributed by atoms with van der Waals surface area (Å²) in [7, 11) is 0. The second kappa shape index (κ2) is 8.15. The third kappa shape index (κ3) is 4.19. The van der Waals surface area contributed by atoms with Crippen LogP contribution in [0.4, 0.5) is 0 Å². The molecule has 0 bridgehead atoms. The molecule has 1 aromatic rings. The molecule has 0 aromatic heterocycles. The lowest BCUT2D eigenvalue weighted by Gasteiger charge is -2.50. The third-order valence-corrected chi connectivity index (χ3v) is 6.20. The van der Waals surface area contributed by atoms with Crippen LogP contribution in [0.1, 0.15) is 39.7 Å². The quantitative estimate of drug-likeness (QED) is 0.648. The van der Waals surface area contributed by atoms with Crippen LogP contribution in [0.2, 0.25) is 5.02 Å². The molecule has 2 fully saturated rings. The molecule has 1 saturated carbocycles. The van der Waals surface area contributed by atoms with Crippen LogP contribution in [0.5, 0.6) is 5.75 Å². The van der Waals surface area contributed by atoms with Gasteiger partial charge in [-0.25, -0.2) is 0 Å². The fourth-order valence-corrected chi connectivity index (χ4v) is 4.12. The van der Waals surface area contributed by atoms with Gasteiger partial charge in [0.05, 0.1) is 22.7 Å². The van der Waals surface area contributed by atoms with Crippen molar-refractivity contribution in [2.75, 3.05) is 13.1 Å². The molecule has 0 amide bonds. The molecule has 0 radical (unpaired) electrons. The van der Waals surface area contributed by atoms with Crippen LogP contribution in [0, 0.1) is 22.7 Å². The molecule has 148 valence electrons. The van der Waals surface area contributed by atoms with Crippen molar-refractivity contribution >= 4 is 11.6 Å². The van der Waals surface area contributed by atoms with Crippen molar-refractivity contribution in [3.05, 3.63) is 64.7 Å². The molecule has 3 nitrogen and oxygen atoms in total. The summed E-state index contributed by atoms with van der Waals surface area (Å²) in [5, 5.41) is 9.54. The summed E-state index contributed by atoms with van der Waals surface area (Å²) in [6, 6.07) is 7.57. The zero-order valence-electron chi connectivity index (χ0n) is 17.2. The normalized spacial score (nSPS) is 25.3. The highest BCUT2D eigenvalue weighted by Gasteiger charge is 2.46. The minimum Gasteiger partial charge on any atom is -0.483 e. The van der Waals surface area contributed by atoms with E-state index in [0.717, 1.165) is 30.7 Å². The van der Waals surface area contributed by atoms with Crippen LogP contribution in [0.25, 0.3) is 0 Å². The summed E-state index contributed by atoms with van der Waals surface area (Å²) < 4.78 is 6.43. The van der Waals surface area contributed by atoms with Crippen LogP contribution in [-0.2, 0) is 0 Å². The molecule has 1 aromatic carbocycles. The molecule has 0 spiro atoms. The number of benzene rings is 1. The van der Waals surface area contributed by atoms with E-state index >= 15 is 0 Å². The Morgan fingerprint density at radius 2 is 2.04 bits per heavy atom. The van der Waals surface area contributed by atoms with Gasteiger partial charge in [0.2, 0.25) is 0 Å². The van der Waals surface area contributed by atoms with Gasteiger partial charge in [0.1, 0.15) is 11.9 Å². The van der Waals surface area contributed by atoms with Crippen molar-refractivity contribution in [3.63, 3.8) is 0 Å². The van der Waals surface area contributed by atoms with Crippen molar-refractivity contribution in [2.24, 2.45) is 11.3 Å². The zero-order valence-corrected chi connectivity index (χ0v) is 18.0. The second-order valence-corrected chi connectivity index (χ2v) is 9.24. The van der Waals surface area contributed by atoms with E-state index in [0.29, 0.717) is 27.7 Å². The van der Waals surface area contributed by atoms with Crippen LogP contribution in [0.15, 0.2) is 54.2 Å². The third-order valence-electron chi connectivity index (χ3n) is 5.91. The van der Waals surface area contributed by atoms with E-state index in [1.165, 1.54) is 0 Å². The number of ether oxygens (including phenoxy) is 1. The van der Waals surface area contributed by atoms with Gasteiger partial charge in [-0.1, -0.05) is 57.2 Å². The van der Waals surface area contributed by atoms with Gasteiger partial charge in [0.25, 0.3) is 0 Å². The van der Waals surface area contributed by atoms with Crippen molar-refractivity contribution in [2.45, 2.75) is 46.3 Å². The Hall–Kier alpha value is -2.02. The van der Waals surface area contributed by atoms with E-state index in [2.05, 4.69) is 44.4 Å². The molecule has 0 N–H and O–H groups in total. The van der Waals surface area contributed by atoms with Crippen molar-refractivity contribution in [1.82, 2.24) is 4.90 Å². The zero-order chi connectivity index (χ0) is 20.5. The number of hydrogen-bond donors (Lipinski definition) is 0. The molecule has 3 rings (SSSR count). The van der Waals surface area contributed by atoms with E-state index in [9.17, 15) is 0 Å². The summed E-state index contributed by atoms with van der Waals surface area (Å²) in [6.07, 6.45) is 6.94. The number of halogens is 1. The molecular weight excluding hydrogens is 368 g/mol. The summed E-state index contributed by atoms with van der Waals surface area (Å²) in [4.78, 5) is 2.51. The molecule has 1 aliphatic heterocycles. The molecule has 2 atom stereocenters. The van der Waals surface area contributed by atoms with Crippen LogP contribution in [-0.4, -0.2) is 30.1 Å². The lowest BCUT2D eigenvalue weighted by Crippen LogP contribution is -2.58. The lowest BCUT2D eigenvalue weighted by atomic mass is 9.75. The average Bonchev–Trinajstić information content (AvgIpc) is 2.87. The first-order valence-corrected chi connectivity index (χ1v) is 10.2. The SMILES string of the molecule is C=C1C[C@@H](N2CC(C(C)(C)C)C2)C(Oc2ccc(C#N)cc2Cl)/C1=C/C=C\C. The fraction of sp³-hybridized carbons (Fsp3) is 0.458. The lowest BCUT2D eigenvalue weighted by molar-refractivity contribution is -0.0285. The predicted octanol–water partition coefficient (Wildman–Crippen LogP) is 5.77. The van der Waals surface area contributed by atoms with Crippen LogP contribution < -0.4 is 4.74 Å². The molecular formula is C24H29ClN2O. The Morgan fingerprint density at radius 3 is 2.61 bits per heavy atom.